The molecule has 1 radical (unpaired) electrons. The predicted molar refractivity (Wildman–Crippen MR) is 35.3 cm³/mol. The van der Waals surface area contributed by atoms with Gasteiger partial charge in [-0.05, 0) is 19.1 Å². The lowest BCUT2D eigenvalue weighted by atomic mass is 10.2. The van der Waals surface area contributed by atoms with E-state index in [1.54, 1.807) is 31.2 Å². The average molecular weight is 119 g/mol. The van der Waals surface area contributed by atoms with Gasteiger partial charge in [-0.25, -0.2) is 0 Å². The van der Waals surface area contributed by atoms with E-state index in [2.05, 4.69) is 6.07 Å². The number of carbonyl (C=O) groups excluding carboxylic acids is 1. The van der Waals surface area contributed by atoms with Crippen molar-refractivity contribution in [2.24, 2.45) is 0 Å². The summed E-state index contributed by atoms with van der Waals surface area (Å²) in [7, 11) is 0. The molecule has 0 spiro atoms. The Balaban J connectivity index is 2.98. The molecule has 45 valence electrons. The topological polar surface area (TPSA) is 17.1 Å². The Hall–Kier alpha value is -1.11. The summed E-state index contributed by atoms with van der Waals surface area (Å²) in [6, 6.07) is 9.85. The zero-order chi connectivity index (χ0) is 6.69. The van der Waals surface area contributed by atoms with Gasteiger partial charge in [0.2, 0.25) is 0 Å². The van der Waals surface area contributed by atoms with Crippen LogP contribution >= 0.6 is 0 Å². The second-order valence-electron chi connectivity index (χ2n) is 1.85. The van der Waals surface area contributed by atoms with Crippen molar-refractivity contribution < 1.29 is 4.79 Å². The molecule has 0 amide bonds. The van der Waals surface area contributed by atoms with E-state index in [1.807, 2.05) is 0 Å². The van der Waals surface area contributed by atoms with Crippen LogP contribution < -0.4 is 0 Å². The SMILES string of the molecule is CC(=O)c1c[c]ccc1. The summed E-state index contributed by atoms with van der Waals surface area (Å²) in [5.74, 6) is 0.0897. The Kier molecular flexibility index (Phi) is 1.63. The maximum Gasteiger partial charge on any atom is 0.159 e. The molecular formula is C8H7O. The highest BCUT2D eigenvalue weighted by atomic mass is 16.1. The zero-order valence-corrected chi connectivity index (χ0v) is 5.22. The van der Waals surface area contributed by atoms with Crippen LogP contribution in [-0.2, 0) is 0 Å². The van der Waals surface area contributed by atoms with Crippen molar-refractivity contribution in [2.75, 3.05) is 0 Å². The van der Waals surface area contributed by atoms with Gasteiger partial charge in [-0.2, -0.15) is 0 Å². The number of Topliss-reactive ketones (excluding diaryl/α,β-unsaturated/α-hetero) is 1. The van der Waals surface area contributed by atoms with E-state index in [1.165, 1.54) is 0 Å². The first-order chi connectivity index (χ1) is 4.30. The number of ketones is 1. The standard InChI is InChI=1S/C8H7O/c1-7(9)8-5-3-2-4-6-8/h2-3,5-6H,1H3. The fourth-order valence-electron chi connectivity index (χ4n) is 0.612. The van der Waals surface area contributed by atoms with Crippen LogP contribution in [-0.4, -0.2) is 5.78 Å². The van der Waals surface area contributed by atoms with Gasteiger partial charge in [0.05, 0.1) is 0 Å². The molecule has 0 atom stereocenters. The van der Waals surface area contributed by atoms with Crippen LogP contribution in [0.3, 0.4) is 0 Å². The lowest BCUT2D eigenvalue weighted by molar-refractivity contribution is 0.101. The van der Waals surface area contributed by atoms with Crippen LogP contribution in [0.4, 0.5) is 0 Å². The van der Waals surface area contributed by atoms with Gasteiger partial charge in [0.25, 0.3) is 0 Å². The van der Waals surface area contributed by atoms with Gasteiger partial charge in [0.15, 0.2) is 5.78 Å². The molecule has 0 heterocycles. The van der Waals surface area contributed by atoms with E-state index >= 15 is 0 Å². The monoisotopic (exact) mass is 119 g/mol. The number of hydrogen-bond donors (Lipinski definition) is 0. The van der Waals surface area contributed by atoms with Crippen molar-refractivity contribution in [2.45, 2.75) is 6.92 Å². The van der Waals surface area contributed by atoms with E-state index in [0.29, 0.717) is 0 Å². The summed E-state index contributed by atoms with van der Waals surface area (Å²) in [5.41, 5.74) is 0.720. The molecule has 0 saturated heterocycles. The van der Waals surface area contributed by atoms with Gasteiger partial charge < -0.3 is 0 Å². The molecule has 1 nitrogen and oxygen atoms in total. The average Bonchev–Trinajstić information content (AvgIpc) is 1.90. The summed E-state index contributed by atoms with van der Waals surface area (Å²) < 4.78 is 0. The van der Waals surface area contributed by atoms with E-state index in [0.717, 1.165) is 5.56 Å². The van der Waals surface area contributed by atoms with Gasteiger partial charge in [0.1, 0.15) is 0 Å². The summed E-state index contributed by atoms with van der Waals surface area (Å²) in [4.78, 5) is 10.6. The molecule has 1 aromatic carbocycles. The third kappa shape index (κ3) is 1.39. The van der Waals surface area contributed by atoms with Crippen molar-refractivity contribution in [1.29, 1.82) is 0 Å². The quantitative estimate of drug-likeness (QED) is 0.514. The number of carbonyl (C=O) groups is 1. The Bertz CT molecular complexity index is 201. The highest BCUT2D eigenvalue weighted by molar-refractivity contribution is 5.93. The van der Waals surface area contributed by atoms with Crippen molar-refractivity contribution in [3.05, 3.63) is 35.9 Å². The van der Waals surface area contributed by atoms with E-state index in [9.17, 15) is 4.79 Å². The third-order valence-electron chi connectivity index (χ3n) is 1.11. The first-order valence-electron chi connectivity index (χ1n) is 2.78. The molecule has 9 heavy (non-hydrogen) atoms. The van der Waals surface area contributed by atoms with Gasteiger partial charge in [-0.3, -0.25) is 4.79 Å². The molecule has 0 aromatic heterocycles. The molecule has 0 fully saturated rings. The van der Waals surface area contributed by atoms with Gasteiger partial charge >= 0.3 is 0 Å². The first-order valence-corrected chi connectivity index (χ1v) is 2.78. The highest BCUT2D eigenvalue weighted by Gasteiger charge is 1.93. The molecule has 0 aliphatic carbocycles. The second kappa shape index (κ2) is 2.44. The van der Waals surface area contributed by atoms with Gasteiger partial charge in [0, 0.05) is 5.56 Å². The molecule has 0 N–H and O–H groups in total. The Morgan fingerprint density at radius 3 is 2.78 bits per heavy atom. The summed E-state index contributed by atoms with van der Waals surface area (Å²) >= 11 is 0. The minimum atomic E-state index is 0.0897. The lowest BCUT2D eigenvalue weighted by Crippen LogP contribution is -1.88. The Morgan fingerprint density at radius 1 is 1.67 bits per heavy atom. The number of benzene rings is 1. The molecule has 1 rings (SSSR count). The van der Waals surface area contributed by atoms with E-state index in [-0.39, 0.29) is 5.78 Å². The molecule has 0 saturated carbocycles. The van der Waals surface area contributed by atoms with Gasteiger partial charge in [-0.15, -0.1) is 0 Å². The molecule has 0 aliphatic rings. The van der Waals surface area contributed by atoms with Crippen molar-refractivity contribution in [3.8, 4) is 0 Å². The predicted octanol–water partition coefficient (Wildman–Crippen LogP) is 1.69. The van der Waals surface area contributed by atoms with E-state index in [4.69, 9.17) is 0 Å². The molecule has 1 heteroatoms. The zero-order valence-electron chi connectivity index (χ0n) is 5.22. The van der Waals surface area contributed by atoms with E-state index < -0.39 is 0 Å². The fourth-order valence-corrected chi connectivity index (χ4v) is 0.612. The first kappa shape index (κ1) is 6.02. The van der Waals surface area contributed by atoms with Gasteiger partial charge in [-0.1, -0.05) is 18.2 Å². The second-order valence-corrected chi connectivity index (χ2v) is 1.85. The number of rotatable bonds is 1. The van der Waals surface area contributed by atoms with Crippen LogP contribution in [0.5, 0.6) is 0 Å². The van der Waals surface area contributed by atoms with Crippen LogP contribution in [0.15, 0.2) is 24.3 Å². The lowest BCUT2D eigenvalue weighted by Gasteiger charge is -1.89. The van der Waals surface area contributed by atoms with Crippen molar-refractivity contribution in [3.63, 3.8) is 0 Å². The highest BCUT2D eigenvalue weighted by Crippen LogP contribution is 1.96. The Labute approximate surface area is 54.3 Å². The normalized spacial score (nSPS) is 9.00. The minimum absolute atomic E-state index is 0.0897. The molecule has 1 aromatic rings. The van der Waals surface area contributed by atoms with Crippen LogP contribution in [0, 0.1) is 6.07 Å². The molecule has 0 aliphatic heterocycles. The van der Waals surface area contributed by atoms with Crippen molar-refractivity contribution in [1.82, 2.24) is 0 Å². The summed E-state index contributed by atoms with van der Waals surface area (Å²) in [6.45, 7) is 1.54. The third-order valence-corrected chi connectivity index (χ3v) is 1.11. The van der Waals surface area contributed by atoms with Crippen LogP contribution in [0.2, 0.25) is 0 Å². The van der Waals surface area contributed by atoms with Crippen LogP contribution in [0.1, 0.15) is 17.3 Å². The van der Waals surface area contributed by atoms with Crippen LogP contribution in [0.25, 0.3) is 0 Å². The smallest absolute Gasteiger partial charge is 0.159 e. The van der Waals surface area contributed by atoms with Crippen molar-refractivity contribution >= 4 is 5.78 Å². The summed E-state index contributed by atoms with van der Waals surface area (Å²) in [5, 5.41) is 0. The largest absolute Gasteiger partial charge is 0.295 e. The Morgan fingerprint density at radius 2 is 2.44 bits per heavy atom. The number of hydrogen-bond acceptors (Lipinski definition) is 1. The minimum Gasteiger partial charge on any atom is -0.295 e. The molecular weight excluding hydrogens is 112 g/mol. The maximum absolute atomic E-state index is 10.6. The maximum atomic E-state index is 10.6. The molecule has 0 unspecified atom stereocenters. The summed E-state index contributed by atoms with van der Waals surface area (Å²) in [6.07, 6.45) is 0. The fraction of sp³-hybridized carbons (Fsp3) is 0.125. The molecule has 0 bridgehead atoms.